The monoisotopic (exact) mass is 406 g/mol. The van der Waals surface area contributed by atoms with E-state index in [1.54, 1.807) is 6.20 Å². The summed E-state index contributed by atoms with van der Waals surface area (Å²) in [6, 6.07) is 9.46. The fraction of sp³-hybridized carbons (Fsp3) is 0.542. The molecule has 2 aromatic rings. The summed E-state index contributed by atoms with van der Waals surface area (Å²) >= 11 is 0. The average Bonchev–Trinajstić information content (AvgIpc) is 3.15. The van der Waals surface area contributed by atoms with Crippen molar-refractivity contribution >= 4 is 11.8 Å². The van der Waals surface area contributed by atoms with Crippen LogP contribution in [0.3, 0.4) is 0 Å². The molecule has 4 bridgehead atoms. The van der Waals surface area contributed by atoms with E-state index >= 15 is 0 Å². The van der Waals surface area contributed by atoms with E-state index in [2.05, 4.69) is 15.6 Å². The number of carbonyl (C=O) groups excluding carboxylic acids is 2. The number of rotatable bonds is 6. The minimum Gasteiger partial charge on any atom is -0.347 e. The van der Waals surface area contributed by atoms with Crippen LogP contribution < -0.4 is 10.6 Å². The molecule has 0 unspecified atom stereocenters. The van der Waals surface area contributed by atoms with Crippen molar-refractivity contribution in [3.05, 3.63) is 54.1 Å². The van der Waals surface area contributed by atoms with Crippen LogP contribution in [0, 0.1) is 23.2 Å². The Bertz CT molecular complexity index is 900. The van der Waals surface area contributed by atoms with Crippen LogP contribution >= 0.6 is 0 Å². The van der Waals surface area contributed by atoms with Gasteiger partial charge in [0.25, 0.3) is 0 Å². The number of benzene rings is 1. The zero-order valence-corrected chi connectivity index (χ0v) is 17.5. The second-order valence-corrected chi connectivity index (χ2v) is 9.69. The molecule has 2 N–H and O–H groups in total. The Hall–Kier alpha value is -2.63. The molecule has 4 aliphatic carbocycles. The first-order valence-corrected chi connectivity index (χ1v) is 11.1. The van der Waals surface area contributed by atoms with Crippen LogP contribution in [0.2, 0.25) is 0 Å². The molecule has 4 saturated carbocycles. The summed E-state index contributed by atoms with van der Waals surface area (Å²) in [5, 5.41) is 6.05. The third kappa shape index (κ3) is 3.53. The third-order valence-electron chi connectivity index (χ3n) is 7.48. The topological polar surface area (TPSA) is 76.0 Å². The van der Waals surface area contributed by atoms with Gasteiger partial charge in [-0.25, -0.2) is 4.98 Å². The maximum atomic E-state index is 13.1. The lowest BCUT2D eigenvalue weighted by molar-refractivity contribution is -0.147. The van der Waals surface area contributed by atoms with Gasteiger partial charge in [-0.05, 0) is 61.8 Å². The maximum Gasteiger partial charge on any atom is 0.240 e. The summed E-state index contributed by atoms with van der Waals surface area (Å²) in [5.41, 5.74) is 0.737. The van der Waals surface area contributed by atoms with Gasteiger partial charge in [0, 0.05) is 24.9 Å². The second-order valence-electron chi connectivity index (χ2n) is 9.69. The molecule has 0 spiro atoms. The number of amides is 2. The van der Waals surface area contributed by atoms with Crippen LogP contribution in [-0.2, 0) is 16.6 Å². The molecule has 6 rings (SSSR count). The van der Waals surface area contributed by atoms with E-state index in [4.69, 9.17) is 0 Å². The fourth-order valence-corrected chi connectivity index (χ4v) is 6.55. The van der Waals surface area contributed by atoms with E-state index in [1.165, 1.54) is 19.3 Å². The largest absolute Gasteiger partial charge is 0.347 e. The number of nitrogens with one attached hydrogen (secondary N) is 2. The lowest BCUT2D eigenvalue weighted by atomic mass is 9.49. The van der Waals surface area contributed by atoms with Crippen LogP contribution in [0.15, 0.2) is 42.7 Å². The van der Waals surface area contributed by atoms with Gasteiger partial charge in [-0.2, -0.15) is 0 Å². The van der Waals surface area contributed by atoms with Gasteiger partial charge in [-0.1, -0.05) is 30.3 Å². The zero-order valence-electron chi connectivity index (χ0n) is 17.5. The Balaban J connectivity index is 1.25. The second kappa shape index (κ2) is 7.56. The first-order valence-electron chi connectivity index (χ1n) is 11.1. The molecular formula is C24H30N4O2. The van der Waals surface area contributed by atoms with Crippen molar-refractivity contribution < 1.29 is 9.59 Å². The van der Waals surface area contributed by atoms with Crippen molar-refractivity contribution in [2.24, 2.45) is 30.2 Å². The molecule has 1 atom stereocenters. The summed E-state index contributed by atoms with van der Waals surface area (Å²) in [7, 11) is 1.92. The Morgan fingerprint density at radius 2 is 1.73 bits per heavy atom. The van der Waals surface area contributed by atoms with E-state index in [9.17, 15) is 9.59 Å². The van der Waals surface area contributed by atoms with Crippen molar-refractivity contribution in [1.82, 2.24) is 20.2 Å². The van der Waals surface area contributed by atoms with Crippen LogP contribution in [0.4, 0.5) is 0 Å². The van der Waals surface area contributed by atoms with Gasteiger partial charge in [0.05, 0.1) is 6.54 Å². The average molecular weight is 407 g/mol. The third-order valence-corrected chi connectivity index (χ3v) is 7.48. The molecule has 4 fully saturated rings. The highest BCUT2D eigenvalue weighted by molar-refractivity contribution is 5.88. The van der Waals surface area contributed by atoms with Gasteiger partial charge in [0.1, 0.15) is 11.9 Å². The maximum absolute atomic E-state index is 13.1. The van der Waals surface area contributed by atoms with Crippen LogP contribution in [0.1, 0.15) is 56.0 Å². The van der Waals surface area contributed by atoms with Crippen molar-refractivity contribution in [3.8, 4) is 0 Å². The molecule has 6 heteroatoms. The Morgan fingerprint density at radius 3 is 2.30 bits per heavy atom. The standard InChI is InChI=1S/C24H30N4O2/c1-28-8-7-25-22(28)21(19-5-3-2-4-6-19)27-20(29)15-26-23(30)24-12-16-9-17(13-24)11-18(10-16)14-24/h2-8,16-18,21H,9-15H2,1H3,(H,26,30)(H,27,29)/t16?,17?,18?,21-,24?/m1/s1. The van der Waals surface area contributed by atoms with Gasteiger partial charge >= 0.3 is 0 Å². The van der Waals surface area contributed by atoms with Gasteiger partial charge < -0.3 is 15.2 Å². The molecule has 2 amide bonds. The Morgan fingerprint density at radius 1 is 1.10 bits per heavy atom. The van der Waals surface area contributed by atoms with Crippen LogP contribution in [0.5, 0.6) is 0 Å². The minimum atomic E-state index is -0.352. The normalized spacial score (nSPS) is 30.1. The summed E-state index contributed by atoms with van der Waals surface area (Å²) in [5.74, 6) is 2.79. The van der Waals surface area contributed by atoms with Crippen molar-refractivity contribution in [3.63, 3.8) is 0 Å². The number of hydrogen-bond acceptors (Lipinski definition) is 3. The van der Waals surface area contributed by atoms with Gasteiger partial charge in [0.15, 0.2) is 0 Å². The smallest absolute Gasteiger partial charge is 0.240 e. The van der Waals surface area contributed by atoms with E-state index in [1.807, 2.05) is 48.1 Å². The number of imidazole rings is 1. The van der Waals surface area contributed by atoms with E-state index in [0.717, 1.165) is 30.7 Å². The van der Waals surface area contributed by atoms with Crippen molar-refractivity contribution in [2.75, 3.05) is 6.54 Å². The van der Waals surface area contributed by atoms with Gasteiger partial charge in [-0.15, -0.1) is 0 Å². The summed E-state index contributed by atoms with van der Waals surface area (Å²) in [4.78, 5) is 30.4. The predicted octanol–water partition coefficient (Wildman–Crippen LogP) is 2.96. The van der Waals surface area contributed by atoms with Gasteiger partial charge in [0.2, 0.25) is 11.8 Å². The molecule has 158 valence electrons. The predicted molar refractivity (Wildman–Crippen MR) is 113 cm³/mol. The highest BCUT2D eigenvalue weighted by atomic mass is 16.2. The van der Waals surface area contributed by atoms with E-state index in [-0.39, 0.29) is 29.8 Å². The van der Waals surface area contributed by atoms with E-state index in [0.29, 0.717) is 17.8 Å². The molecular weight excluding hydrogens is 376 g/mol. The van der Waals surface area contributed by atoms with E-state index < -0.39 is 0 Å². The van der Waals surface area contributed by atoms with Crippen LogP contribution in [0.25, 0.3) is 0 Å². The zero-order chi connectivity index (χ0) is 20.7. The molecule has 0 saturated heterocycles. The van der Waals surface area contributed by atoms with Crippen molar-refractivity contribution in [1.29, 1.82) is 0 Å². The lowest BCUT2D eigenvalue weighted by Crippen LogP contribution is -2.54. The minimum absolute atomic E-state index is 0.00827. The quantitative estimate of drug-likeness (QED) is 0.774. The lowest BCUT2D eigenvalue weighted by Gasteiger charge is -2.55. The van der Waals surface area contributed by atoms with Gasteiger partial charge in [-0.3, -0.25) is 9.59 Å². The number of aromatic nitrogens is 2. The Labute approximate surface area is 177 Å². The fourth-order valence-electron chi connectivity index (χ4n) is 6.55. The molecule has 6 nitrogen and oxygen atoms in total. The summed E-state index contributed by atoms with van der Waals surface area (Å²) in [6.07, 6.45) is 10.5. The Kier molecular flexibility index (Phi) is 4.88. The van der Waals surface area contributed by atoms with Crippen molar-refractivity contribution in [2.45, 2.75) is 44.6 Å². The SMILES string of the molecule is Cn1ccnc1[C@H](NC(=O)CNC(=O)C12CC3CC(CC(C3)C1)C2)c1ccccc1. The number of hydrogen-bond donors (Lipinski definition) is 2. The first kappa shape index (κ1) is 19.3. The first-order chi connectivity index (χ1) is 14.5. The molecule has 1 aromatic carbocycles. The number of aryl methyl sites for hydroxylation is 1. The molecule has 0 aliphatic heterocycles. The summed E-state index contributed by atoms with van der Waals surface area (Å²) in [6.45, 7) is 0.00827. The number of carbonyl (C=O) groups is 2. The summed E-state index contributed by atoms with van der Waals surface area (Å²) < 4.78 is 1.91. The highest BCUT2D eigenvalue weighted by Gasteiger charge is 2.54. The molecule has 4 aliphatic rings. The molecule has 0 radical (unpaired) electrons. The number of nitrogens with zero attached hydrogens (tertiary/aromatic N) is 2. The van der Waals surface area contributed by atoms with Crippen LogP contribution in [-0.4, -0.2) is 27.9 Å². The highest BCUT2D eigenvalue weighted by Crippen LogP contribution is 2.60. The molecule has 30 heavy (non-hydrogen) atoms. The molecule has 1 aromatic heterocycles. The molecule has 1 heterocycles.